The highest BCUT2D eigenvalue weighted by molar-refractivity contribution is 5.93. The molecule has 1 amide bonds. The summed E-state index contributed by atoms with van der Waals surface area (Å²) in [6.07, 6.45) is 0. The number of nitro groups is 1. The van der Waals surface area contributed by atoms with Crippen LogP contribution in [0.1, 0.15) is 42.0 Å². The van der Waals surface area contributed by atoms with Gasteiger partial charge in [-0.3, -0.25) is 14.9 Å². The molecule has 2 aromatic carbocycles. The molecule has 0 heterocycles. The maximum absolute atomic E-state index is 12.3. The van der Waals surface area contributed by atoms with Crippen molar-refractivity contribution in [1.82, 2.24) is 0 Å². The third-order valence-corrected chi connectivity index (χ3v) is 4.14. The highest BCUT2D eigenvalue weighted by atomic mass is 16.6. The first-order valence-electron chi connectivity index (χ1n) is 8.48. The number of benzene rings is 2. The minimum atomic E-state index is -0.445. The van der Waals surface area contributed by atoms with Crippen LogP contribution < -0.4 is 10.1 Å². The Kier molecular flexibility index (Phi) is 5.97. The fraction of sp³-hybridized carbons (Fsp3) is 0.350. The summed E-state index contributed by atoms with van der Waals surface area (Å²) < 4.78 is 5.73. The van der Waals surface area contributed by atoms with Gasteiger partial charge in [0.2, 0.25) is 0 Å². The number of nitrogens with zero attached hydrogens (tertiary/aromatic N) is 1. The van der Waals surface area contributed by atoms with Gasteiger partial charge < -0.3 is 10.1 Å². The Morgan fingerprint density at radius 3 is 2.31 bits per heavy atom. The maximum Gasteiger partial charge on any atom is 0.270 e. The van der Waals surface area contributed by atoms with E-state index in [1.807, 2.05) is 25.1 Å². The molecule has 6 heteroatoms. The van der Waals surface area contributed by atoms with Gasteiger partial charge in [0.1, 0.15) is 5.75 Å². The Labute approximate surface area is 153 Å². The van der Waals surface area contributed by atoms with Crippen LogP contribution in [0.2, 0.25) is 0 Å². The molecule has 0 aliphatic heterocycles. The summed E-state index contributed by atoms with van der Waals surface area (Å²) in [5.41, 5.74) is 3.98. The SMILES string of the molecule is Cc1ccc(C(C)C)c(OCC(=O)Nc2c(C)cc([N+](=O)[O-])cc2C)c1. The molecular weight excluding hydrogens is 332 g/mol. The smallest absolute Gasteiger partial charge is 0.270 e. The topological polar surface area (TPSA) is 81.5 Å². The van der Waals surface area contributed by atoms with E-state index >= 15 is 0 Å². The molecule has 2 rings (SSSR count). The lowest BCUT2D eigenvalue weighted by Crippen LogP contribution is -2.21. The zero-order chi connectivity index (χ0) is 19.4. The van der Waals surface area contributed by atoms with Crippen molar-refractivity contribution in [2.75, 3.05) is 11.9 Å². The molecule has 26 heavy (non-hydrogen) atoms. The first-order chi connectivity index (χ1) is 12.2. The molecule has 0 saturated heterocycles. The average Bonchev–Trinajstić information content (AvgIpc) is 2.55. The number of ether oxygens (including phenoxy) is 1. The minimum Gasteiger partial charge on any atom is -0.483 e. The summed E-state index contributed by atoms with van der Waals surface area (Å²) in [4.78, 5) is 22.8. The molecule has 1 N–H and O–H groups in total. The number of aryl methyl sites for hydroxylation is 3. The maximum atomic E-state index is 12.3. The number of amides is 1. The number of rotatable bonds is 6. The number of hydrogen-bond acceptors (Lipinski definition) is 4. The van der Waals surface area contributed by atoms with Gasteiger partial charge in [-0.1, -0.05) is 26.0 Å². The van der Waals surface area contributed by atoms with Crippen molar-refractivity contribution in [2.24, 2.45) is 0 Å². The zero-order valence-corrected chi connectivity index (χ0v) is 15.8. The highest BCUT2D eigenvalue weighted by Crippen LogP contribution is 2.28. The molecule has 0 aromatic heterocycles. The quantitative estimate of drug-likeness (QED) is 0.603. The van der Waals surface area contributed by atoms with Gasteiger partial charge in [0, 0.05) is 17.8 Å². The van der Waals surface area contributed by atoms with Gasteiger partial charge in [-0.15, -0.1) is 0 Å². The molecule has 0 unspecified atom stereocenters. The van der Waals surface area contributed by atoms with E-state index in [1.54, 1.807) is 13.8 Å². The van der Waals surface area contributed by atoms with Crippen LogP contribution in [0.3, 0.4) is 0 Å². The van der Waals surface area contributed by atoms with Crippen LogP contribution >= 0.6 is 0 Å². The van der Waals surface area contributed by atoms with Gasteiger partial charge in [-0.05, 0) is 55.0 Å². The molecular formula is C20H24N2O4. The second-order valence-corrected chi connectivity index (χ2v) is 6.74. The van der Waals surface area contributed by atoms with Crippen molar-refractivity contribution in [2.45, 2.75) is 40.5 Å². The summed E-state index contributed by atoms with van der Waals surface area (Å²) in [6, 6.07) is 8.84. The minimum absolute atomic E-state index is 0.00980. The zero-order valence-electron chi connectivity index (χ0n) is 15.8. The standard InChI is InChI=1S/C20H24N2O4/c1-12(2)17-7-6-13(3)8-18(17)26-11-19(23)21-20-14(4)9-16(22(24)25)10-15(20)5/h6-10,12H,11H2,1-5H3,(H,21,23). The Bertz CT molecular complexity index is 821. The molecule has 0 aliphatic rings. The monoisotopic (exact) mass is 356 g/mol. The van der Waals surface area contributed by atoms with E-state index in [9.17, 15) is 14.9 Å². The fourth-order valence-corrected chi connectivity index (χ4v) is 2.81. The van der Waals surface area contributed by atoms with Crippen molar-refractivity contribution in [1.29, 1.82) is 0 Å². The number of non-ortho nitro benzene ring substituents is 1. The van der Waals surface area contributed by atoms with Gasteiger partial charge >= 0.3 is 0 Å². The summed E-state index contributed by atoms with van der Waals surface area (Å²) in [6.45, 7) is 9.45. The predicted octanol–water partition coefficient (Wildman–Crippen LogP) is 4.66. The van der Waals surface area contributed by atoms with E-state index in [1.165, 1.54) is 12.1 Å². The molecule has 0 radical (unpaired) electrons. The van der Waals surface area contributed by atoms with Crippen molar-refractivity contribution >= 4 is 17.3 Å². The number of hydrogen-bond donors (Lipinski definition) is 1. The lowest BCUT2D eigenvalue weighted by atomic mass is 10.0. The number of anilines is 1. The van der Waals surface area contributed by atoms with Crippen molar-refractivity contribution in [3.63, 3.8) is 0 Å². The number of nitrogens with one attached hydrogen (secondary N) is 1. The van der Waals surface area contributed by atoms with Gasteiger partial charge in [-0.25, -0.2) is 0 Å². The van der Waals surface area contributed by atoms with E-state index in [0.717, 1.165) is 11.1 Å². The second kappa shape index (κ2) is 7.99. The average molecular weight is 356 g/mol. The Morgan fingerprint density at radius 1 is 1.15 bits per heavy atom. The van der Waals surface area contributed by atoms with Crippen LogP contribution in [0.4, 0.5) is 11.4 Å². The summed E-state index contributed by atoms with van der Waals surface area (Å²) in [7, 11) is 0. The Hall–Kier alpha value is -2.89. The van der Waals surface area contributed by atoms with Crippen LogP contribution in [-0.4, -0.2) is 17.4 Å². The van der Waals surface area contributed by atoms with E-state index in [0.29, 0.717) is 22.6 Å². The summed E-state index contributed by atoms with van der Waals surface area (Å²) in [5, 5.41) is 13.7. The van der Waals surface area contributed by atoms with Gasteiger partial charge in [0.05, 0.1) is 4.92 Å². The Morgan fingerprint density at radius 2 is 1.77 bits per heavy atom. The summed E-state index contributed by atoms with van der Waals surface area (Å²) >= 11 is 0. The molecule has 0 atom stereocenters. The molecule has 0 saturated carbocycles. The second-order valence-electron chi connectivity index (χ2n) is 6.74. The van der Waals surface area contributed by atoms with E-state index in [2.05, 4.69) is 19.2 Å². The molecule has 0 aliphatic carbocycles. The third kappa shape index (κ3) is 4.59. The molecule has 0 bridgehead atoms. The van der Waals surface area contributed by atoms with E-state index in [4.69, 9.17) is 4.74 Å². The van der Waals surface area contributed by atoms with E-state index < -0.39 is 4.92 Å². The normalized spacial score (nSPS) is 10.7. The van der Waals surface area contributed by atoms with Crippen LogP contribution in [0.25, 0.3) is 0 Å². The number of carbonyl (C=O) groups excluding carboxylic acids is 1. The molecule has 2 aromatic rings. The van der Waals surface area contributed by atoms with Crippen LogP contribution in [-0.2, 0) is 4.79 Å². The highest BCUT2D eigenvalue weighted by Gasteiger charge is 2.15. The van der Waals surface area contributed by atoms with Crippen molar-refractivity contribution in [3.05, 3.63) is 62.7 Å². The molecule has 138 valence electrons. The fourth-order valence-electron chi connectivity index (χ4n) is 2.81. The number of nitro benzene ring substituents is 1. The Balaban J connectivity index is 2.11. The first kappa shape index (κ1) is 19.4. The van der Waals surface area contributed by atoms with Crippen molar-refractivity contribution < 1.29 is 14.5 Å². The van der Waals surface area contributed by atoms with Gasteiger partial charge in [-0.2, -0.15) is 0 Å². The van der Waals surface area contributed by atoms with E-state index in [-0.39, 0.29) is 24.1 Å². The molecule has 0 spiro atoms. The van der Waals surface area contributed by atoms with Gasteiger partial charge in [0.15, 0.2) is 6.61 Å². The summed E-state index contributed by atoms with van der Waals surface area (Å²) in [5.74, 6) is 0.682. The first-order valence-corrected chi connectivity index (χ1v) is 8.48. The number of carbonyl (C=O) groups is 1. The largest absolute Gasteiger partial charge is 0.483 e. The van der Waals surface area contributed by atoms with Crippen molar-refractivity contribution in [3.8, 4) is 5.75 Å². The lowest BCUT2D eigenvalue weighted by molar-refractivity contribution is -0.384. The van der Waals surface area contributed by atoms with Gasteiger partial charge in [0.25, 0.3) is 11.6 Å². The molecule has 6 nitrogen and oxygen atoms in total. The molecule has 0 fully saturated rings. The van der Waals surface area contributed by atoms with Crippen LogP contribution in [0.15, 0.2) is 30.3 Å². The van der Waals surface area contributed by atoms with Crippen LogP contribution in [0.5, 0.6) is 5.75 Å². The lowest BCUT2D eigenvalue weighted by Gasteiger charge is -2.16. The predicted molar refractivity (Wildman–Crippen MR) is 102 cm³/mol. The van der Waals surface area contributed by atoms with Crippen LogP contribution in [0, 0.1) is 30.9 Å². The third-order valence-electron chi connectivity index (χ3n) is 4.14.